The molecule has 0 bridgehead atoms. The Kier molecular flexibility index (Phi) is 6.18. The topological polar surface area (TPSA) is 50.7 Å². The van der Waals surface area contributed by atoms with Gasteiger partial charge in [-0.05, 0) is 38.1 Å². The number of amidine groups is 1. The molecule has 1 aliphatic heterocycles. The number of aliphatic imine (C=N–C) groups is 1. The lowest BCUT2D eigenvalue weighted by Gasteiger charge is -2.10. The number of hydrogen-bond donors (Lipinski definition) is 1. The Labute approximate surface area is 123 Å². The molecule has 1 heterocycles. The quantitative estimate of drug-likeness (QED) is 0.934. The van der Waals surface area contributed by atoms with Crippen molar-refractivity contribution in [1.82, 2.24) is 5.32 Å². The van der Waals surface area contributed by atoms with E-state index in [1.807, 2.05) is 13.8 Å². The second-order valence-electron chi connectivity index (χ2n) is 4.18. The first-order chi connectivity index (χ1) is 8.65. The van der Waals surface area contributed by atoms with E-state index in [2.05, 4.69) is 10.3 Å². The smallest absolute Gasteiger partial charge is 0.257 e. The summed E-state index contributed by atoms with van der Waals surface area (Å²) in [5, 5.41) is 3.50. The van der Waals surface area contributed by atoms with Crippen LogP contribution in [0.1, 0.15) is 24.2 Å². The van der Waals surface area contributed by atoms with Crippen molar-refractivity contribution in [2.45, 2.75) is 20.0 Å². The maximum atomic E-state index is 11.9. The lowest BCUT2D eigenvalue weighted by Crippen LogP contribution is -2.27. The lowest BCUT2D eigenvalue weighted by molar-refractivity contribution is 0.0978. The minimum atomic E-state index is -0.126. The third-order valence-corrected chi connectivity index (χ3v) is 3.19. The van der Waals surface area contributed by atoms with Crippen LogP contribution in [0, 0.1) is 0 Å². The van der Waals surface area contributed by atoms with E-state index in [4.69, 9.17) is 4.74 Å². The van der Waals surface area contributed by atoms with Crippen LogP contribution in [0.2, 0.25) is 0 Å². The highest BCUT2D eigenvalue weighted by atomic mass is 35.5. The summed E-state index contributed by atoms with van der Waals surface area (Å²) in [6.45, 7) is 4.72. The second-order valence-corrected chi connectivity index (χ2v) is 5.26. The van der Waals surface area contributed by atoms with Gasteiger partial charge in [-0.1, -0.05) is 11.8 Å². The number of halogens is 1. The van der Waals surface area contributed by atoms with Gasteiger partial charge in [0, 0.05) is 11.3 Å². The minimum absolute atomic E-state index is 0. The van der Waals surface area contributed by atoms with Crippen molar-refractivity contribution in [2.24, 2.45) is 4.99 Å². The zero-order valence-electron chi connectivity index (χ0n) is 10.9. The average molecular weight is 301 g/mol. The van der Waals surface area contributed by atoms with E-state index in [0.717, 1.165) is 18.0 Å². The van der Waals surface area contributed by atoms with E-state index >= 15 is 0 Å². The van der Waals surface area contributed by atoms with Crippen LogP contribution in [0.25, 0.3) is 0 Å². The third kappa shape index (κ3) is 4.76. The number of amides is 1. The summed E-state index contributed by atoms with van der Waals surface area (Å²) >= 11 is 1.57. The summed E-state index contributed by atoms with van der Waals surface area (Å²) in [5.41, 5.74) is 0.612. The fraction of sp³-hybridized carbons (Fsp3) is 0.385. The molecule has 0 spiro atoms. The van der Waals surface area contributed by atoms with Crippen LogP contribution in [0.3, 0.4) is 0 Å². The van der Waals surface area contributed by atoms with Gasteiger partial charge in [-0.3, -0.25) is 9.79 Å². The number of nitrogens with one attached hydrogen (secondary N) is 1. The maximum Gasteiger partial charge on any atom is 0.257 e. The summed E-state index contributed by atoms with van der Waals surface area (Å²) in [5.74, 6) is 1.59. The Morgan fingerprint density at radius 1 is 1.37 bits per heavy atom. The van der Waals surface area contributed by atoms with Crippen molar-refractivity contribution in [2.75, 3.05) is 12.3 Å². The molecule has 1 aromatic carbocycles. The molecule has 0 fully saturated rings. The van der Waals surface area contributed by atoms with Crippen molar-refractivity contribution >= 4 is 35.2 Å². The van der Waals surface area contributed by atoms with E-state index in [1.165, 1.54) is 0 Å². The molecule has 0 saturated heterocycles. The predicted molar refractivity (Wildman–Crippen MR) is 81.7 cm³/mol. The first kappa shape index (κ1) is 15.9. The molecule has 2 rings (SSSR count). The molecule has 0 radical (unpaired) electrons. The molecule has 104 valence electrons. The maximum absolute atomic E-state index is 11.9. The summed E-state index contributed by atoms with van der Waals surface area (Å²) in [6, 6.07) is 7.12. The van der Waals surface area contributed by atoms with Crippen LogP contribution in [-0.2, 0) is 0 Å². The monoisotopic (exact) mass is 300 g/mol. The number of hydrogen-bond acceptors (Lipinski definition) is 4. The summed E-state index contributed by atoms with van der Waals surface area (Å²) in [4.78, 5) is 16.1. The van der Waals surface area contributed by atoms with E-state index in [9.17, 15) is 4.79 Å². The largest absolute Gasteiger partial charge is 0.491 e. The van der Waals surface area contributed by atoms with Gasteiger partial charge in [0.05, 0.1) is 12.6 Å². The van der Waals surface area contributed by atoms with Crippen LogP contribution < -0.4 is 10.1 Å². The predicted octanol–water partition coefficient (Wildman–Crippen LogP) is 2.73. The normalized spacial score (nSPS) is 13.7. The van der Waals surface area contributed by atoms with Crippen LogP contribution in [-0.4, -0.2) is 29.5 Å². The molecule has 0 atom stereocenters. The molecule has 0 aliphatic carbocycles. The van der Waals surface area contributed by atoms with Gasteiger partial charge in [0.25, 0.3) is 5.91 Å². The van der Waals surface area contributed by atoms with Crippen molar-refractivity contribution in [3.8, 4) is 5.75 Å². The highest BCUT2D eigenvalue weighted by Gasteiger charge is 2.12. The van der Waals surface area contributed by atoms with Gasteiger partial charge in [-0.2, -0.15) is 0 Å². The number of carbonyl (C=O) groups excluding carboxylic acids is 1. The van der Waals surface area contributed by atoms with Crippen molar-refractivity contribution < 1.29 is 9.53 Å². The number of thioether (sulfide) groups is 1. The first-order valence-electron chi connectivity index (χ1n) is 5.90. The van der Waals surface area contributed by atoms with Crippen molar-refractivity contribution in [3.05, 3.63) is 29.8 Å². The van der Waals surface area contributed by atoms with Gasteiger partial charge in [-0.15, -0.1) is 12.4 Å². The van der Waals surface area contributed by atoms with E-state index in [0.29, 0.717) is 10.7 Å². The Hall–Kier alpha value is -1.20. The summed E-state index contributed by atoms with van der Waals surface area (Å²) in [6.07, 6.45) is 0.133. The minimum Gasteiger partial charge on any atom is -0.491 e. The molecule has 4 nitrogen and oxygen atoms in total. The molecule has 6 heteroatoms. The van der Waals surface area contributed by atoms with Crippen molar-refractivity contribution in [1.29, 1.82) is 0 Å². The average Bonchev–Trinajstić information content (AvgIpc) is 2.82. The highest BCUT2D eigenvalue weighted by Crippen LogP contribution is 2.15. The molecule has 0 unspecified atom stereocenters. The molecule has 1 aliphatic rings. The molecular weight excluding hydrogens is 284 g/mol. The molecule has 1 aromatic rings. The third-order valence-electron chi connectivity index (χ3n) is 2.29. The fourth-order valence-electron chi connectivity index (χ4n) is 1.54. The number of carbonyl (C=O) groups is 1. The van der Waals surface area contributed by atoms with Gasteiger partial charge in [0.1, 0.15) is 5.75 Å². The molecular formula is C13H17ClN2O2S. The van der Waals surface area contributed by atoms with Gasteiger partial charge >= 0.3 is 0 Å². The van der Waals surface area contributed by atoms with Gasteiger partial charge in [0.15, 0.2) is 5.17 Å². The van der Waals surface area contributed by atoms with E-state index in [1.54, 1.807) is 36.0 Å². The van der Waals surface area contributed by atoms with Crippen LogP contribution in [0.15, 0.2) is 29.3 Å². The molecule has 0 saturated carbocycles. The molecule has 1 N–H and O–H groups in total. The summed E-state index contributed by atoms with van der Waals surface area (Å²) < 4.78 is 5.52. The zero-order valence-corrected chi connectivity index (χ0v) is 12.5. The first-order valence-corrected chi connectivity index (χ1v) is 6.89. The molecule has 0 aromatic heterocycles. The van der Waals surface area contributed by atoms with E-state index < -0.39 is 0 Å². The Bertz CT molecular complexity index is 460. The van der Waals surface area contributed by atoms with Gasteiger partial charge < -0.3 is 10.1 Å². The lowest BCUT2D eigenvalue weighted by atomic mass is 10.2. The van der Waals surface area contributed by atoms with Crippen molar-refractivity contribution in [3.63, 3.8) is 0 Å². The van der Waals surface area contributed by atoms with Crippen LogP contribution in [0.5, 0.6) is 5.75 Å². The number of ether oxygens (including phenoxy) is 1. The number of rotatable bonds is 3. The molecule has 19 heavy (non-hydrogen) atoms. The Morgan fingerprint density at radius 3 is 2.58 bits per heavy atom. The summed E-state index contributed by atoms with van der Waals surface area (Å²) in [7, 11) is 0. The Morgan fingerprint density at radius 2 is 2.05 bits per heavy atom. The SMILES string of the molecule is CC(C)Oc1ccc(C(=O)NC2=NCCS2)cc1.Cl. The van der Waals surface area contributed by atoms with Gasteiger partial charge in [0.2, 0.25) is 0 Å². The number of nitrogens with zero attached hydrogens (tertiary/aromatic N) is 1. The van der Waals surface area contributed by atoms with Crippen LogP contribution in [0.4, 0.5) is 0 Å². The fourth-order valence-corrected chi connectivity index (χ4v) is 2.26. The Balaban J connectivity index is 0.00000180. The number of benzene rings is 1. The zero-order chi connectivity index (χ0) is 13.0. The molecule has 1 amide bonds. The van der Waals surface area contributed by atoms with E-state index in [-0.39, 0.29) is 24.4 Å². The second kappa shape index (κ2) is 7.40. The highest BCUT2D eigenvalue weighted by molar-refractivity contribution is 8.14. The van der Waals surface area contributed by atoms with Crippen LogP contribution >= 0.6 is 24.2 Å². The van der Waals surface area contributed by atoms with Gasteiger partial charge in [-0.25, -0.2) is 0 Å². The standard InChI is InChI=1S/C13H16N2O2S.ClH/c1-9(2)17-11-5-3-10(4-6-11)12(16)15-13-14-7-8-18-13;/h3-6,9H,7-8H2,1-2H3,(H,14,15,16);1H.